The SMILES string of the molecule is CC(C)[C@]1(C(=O)Nc2cccc3cnncc23)C[C@H]1C(=O)O. The second kappa shape index (κ2) is 5.05. The number of carbonyl (C=O) groups excluding carboxylic acids is 1. The number of nitrogens with zero attached hydrogens (tertiary/aromatic N) is 2. The van der Waals surface area contributed by atoms with Gasteiger partial charge in [-0.15, -0.1) is 0 Å². The highest BCUT2D eigenvalue weighted by Crippen LogP contribution is 2.58. The van der Waals surface area contributed by atoms with E-state index in [-0.39, 0.29) is 11.8 Å². The van der Waals surface area contributed by atoms with Gasteiger partial charge in [0.15, 0.2) is 0 Å². The number of benzene rings is 1. The summed E-state index contributed by atoms with van der Waals surface area (Å²) in [6.07, 6.45) is 3.60. The standard InChI is InChI=1S/C16H17N3O3/c1-9(2)16(6-12(16)14(20)21)15(22)19-13-5-3-4-10-7-17-18-8-11(10)13/h3-5,7-9,12H,6H2,1-2H3,(H,19,22)(H,20,21)/t12-,16+/m0/s1. The largest absolute Gasteiger partial charge is 0.481 e. The average Bonchev–Trinajstić information content (AvgIpc) is 3.25. The molecule has 2 aromatic rings. The molecule has 0 bridgehead atoms. The predicted octanol–water partition coefficient (Wildman–Crippen LogP) is 2.32. The Kier molecular flexibility index (Phi) is 3.31. The Morgan fingerprint density at radius 2 is 2.05 bits per heavy atom. The normalized spacial score (nSPS) is 23.5. The first-order chi connectivity index (χ1) is 10.5. The van der Waals surface area contributed by atoms with Crippen LogP contribution in [0.15, 0.2) is 30.6 Å². The fourth-order valence-corrected chi connectivity index (χ4v) is 3.11. The predicted molar refractivity (Wildman–Crippen MR) is 81.2 cm³/mol. The van der Waals surface area contributed by atoms with E-state index in [9.17, 15) is 14.7 Å². The second-order valence-electron chi connectivity index (χ2n) is 6.04. The van der Waals surface area contributed by atoms with Crippen molar-refractivity contribution in [3.05, 3.63) is 30.6 Å². The number of fused-ring (bicyclic) bond motifs is 1. The molecule has 0 saturated heterocycles. The summed E-state index contributed by atoms with van der Waals surface area (Å²) in [5, 5.41) is 21.4. The lowest BCUT2D eigenvalue weighted by atomic mass is 9.88. The van der Waals surface area contributed by atoms with Gasteiger partial charge >= 0.3 is 5.97 Å². The lowest BCUT2D eigenvalue weighted by Crippen LogP contribution is -2.32. The molecular weight excluding hydrogens is 282 g/mol. The molecule has 1 saturated carbocycles. The van der Waals surface area contributed by atoms with E-state index in [1.807, 2.05) is 26.0 Å². The molecule has 0 aliphatic heterocycles. The van der Waals surface area contributed by atoms with Crippen molar-refractivity contribution in [3.63, 3.8) is 0 Å². The summed E-state index contributed by atoms with van der Waals surface area (Å²) >= 11 is 0. The summed E-state index contributed by atoms with van der Waals surface area (Å²) in [7, 11) is 0. The van der Waals surface area contributed by atoms with Crippen LogP contribution in [0.3, 0.4) is 0 Å². The number of carboxylic acids is 1. The van der Waals surface area contributed by atoms with Crippen molar-refractivity contribution >= 4 is 28.3 Å². The van der Waals surface area contributed by atoms with Crippen LogP contribution in [0.25, 0.3) is 10.8 Å². The van der Waals surface area contributed by atoms with Gasteiger partial charge in [-0.2, -0.15) is 10.2 Å². The number of carbonyl (C=O) groups is 2. The van der Waals surface area contributed by atoms with Gasteiger partial charge in [-0.05, 0) is 18.4 Å². The number of amides is 1. The lowest BCUT2D eigenvalue weighted by molar-refractivity contribution is -0.141. The van der Waals surface area contributed by atoms with Crippen LogP contribution in [0, 0.1) is 17.3 Å². The number of nitrogens with one attached hydrogen (secondary N) is 1. The smallest absolute Gasteiger partial charge is 0.307 e. The van der Waals surface area contributed by atoms with E-state index in [1.165, 1.54) is 0 Å². The van der Waals surface area contributed by atoms with Gasteiger partial charge in [0.25, 0.3) is 0 Å². The monoisotopic (exact) mass is 299 g/mol. The average molecular weight is 299 g/mol. The molecule has 1 amide bonds. The Hall–Kier alpha value is -2.50. The van der Waals surface area contributed by atoms with E-state index < -0.39 is 17.3 Å². The van der Waals surface area contributed by atoms with E-state index in [2.05, 4.69) is 15.5 Å². The summed E-state index contributed by atoms with van der Waals surface area (Å²) in [5.41, 5.74) is -0.192. The molecule has 1 fully saturated rings. The van der Waals surface area contributed by atoms with Crippen molar-refractivity contribution < 1.29 is 14.7 Å². The molecule has 0 spiro atoms. The fourth-order valence-electron chi connectivity index (χ4n) is 3.11. The highest BCUT2D eigenvalue weighted by molar-refractivity contribution is 6.06. The van der Waals surface area contributed by atoms with Crippen molar-refractivity contribution in [1.29, 1.82) is 0 Å². The maximum absolute atomic E-state index is 12.7. The second-order valence-corrected chi connectivity index (χ2v) is 6.04. The van der Waals surface area contributed by atoms with Crippen LogP contribution in [-0.2, 0) is 9.59 Å². The van der Waals surface area contributed by atoms with Crippen LogP contribution in [0.1, 0.15) is 20.3 Å². The number of rotatable bonds is 4. The van der Waals surface area contributed by atoms with Crippen LogP contribution >= 0.6 is 0 Å². The molecule has 6 heteroatoms. The van der Waals surface area contributed by atoms with E-state index in [0.717, 1.165) is 10.8 Å². The van der Waals surface area contributed by atoms with Crippen LogP contribution in [0.4, 0.5) is 5.69 Å². The van der Waals surface area contributed by atoms with Crippen molar-refractivity contribution in [2.75, 3.05) is 5.32 Å². The molecule has 6 nitrogen and oxygen atoms in total. The quantitative estimate of drug-likeness (QED) is 0.903. The Balaban J connectivity index is 1.92. The molecule has 1 aromatic carbocycles. The van der Waals surface area contributed by atoms with Gasteiger partial charge in [0, 0.05) is 10.8 Å². The third-order valence-corrected chi connectivity index (χ3v) is 4.59. The van der Waals surface area contributed by atoms with Crippen molar-refractivity contribution in [3.8, 4) is 0 Å². The minimum Gasteiger partial charge on any atom is -0.481 e. The number of anilines is 1. The Labute approximate surface area is 127 Å². The van der Waals surface area contributed by atoms with Gasteiger partial charge in [0.2, 0.25) is 5.91 Å². The Morgan fingerprint density at radius 1 is 1.32 bits per heavy atom. The maximum Gasteiger partial charge on any atom is 0.307 e. The number of aliphatic carboxylic acids is 1. The van der Waals surface area contributed by atoms with Crippen LogP contribution < -0.4 is 5.32 Å². The van der Waals surface area contributed by atoms with Crippen LogP contribution in [0.5, 0.6) is 0 Å². The maximum atomic E-state index is 12.7. The third kappa shape index (κ3) is 2.11. The highest BCUT2D eigenvalue weighted by Gasteiger charge is 2.65. The Bertz CT molecular complexity index is 754. The van der Waals surface area contributed by atoms with Gasteiger partial charge in [0.1, 0.15) is 0 Å². The topological polar surface area (TPSA) is 92.2 Å². The number of hydrogen-bond donors (Lipinski definition) is 2. The van der Waals surface area contributed by atoms with Gasteiger partial charge in [-0.25, -0.2) is 0 Å². The van der Waals surface area contributed by atoms with E-state index in [0.29, 0.717) is 12.1 Å². The zero-order chi connectivity index (χ0) is 15.9. The molecule has 2 atom stereocenters. The molecule has 22 heavy (non-hydrogen) atoms. The van der Waals surface area contributed by atoms with Crippen molar-refractivity contribution in [2.45, 2.75) is 20.3 Å². The first kappa shape index (κ1) is 14.4. The molecule has 1 aliphatic carbocycles. The van der Waals surface area contributed by atoms with Crippen LogP contribution in [0.2, 0.25) is 0 Å². The summed E-state index contributed by atoms with van der Waals surface area (Å²) in [6, 6.07) is 5.49. The van der Waals surface area contributed by atoms with E-state index >= 15 is 0 Å². The summed E-state index contributed by atoms with van der Waals surface area (Å²) < 4.78 is 0. The first-order valence-corrected chi connectivity index (χ1v) is 7.20. The number of hydrogen-bond acceptors (Lipinski definition) is 4. The van der Waals surface area contributed by atoms with Crippen molar-refractivity contribution in [1.82, 2.24) is 10.2 Å². The summed E-state index contributed by atoms with van der Waals surface area (Å²) in [5.74, 6) is -1.79. The van der Waals surface area contributed by atoms with Gasteiger partial charge in [-0.1, -0.05) is 26.0 Å². The molecule has 2 N–H and O–H groups in total. The van der Waals surface area contributed by atoms with Gasteiger partial charge < -0.3 is 10.4 Å². The van der Waals surface area contributed by atoms with Crippen LogP contribution in [-0.4, -0.2) is 27.2 Å². The van der Waals surface area contributed by atoms with E-state index in [1.54, 1.807) is 18.5 Å². The Morgan fingerprint density at radius 3 is 2.68 bits per heavy atom. The molecular formula is C16H17N3O3. The number of carboxylic acid groups (broad SMARTS) is 1. The summed E-state index contributed by atoms with van der Waals surface area (Å²) in [6.45, 7) is 3.77. The molecule has 3 rings (SSSR count). The van der Waals surface area contributed by atoms with E-state index in [4.69, 9.17) is 0 Å². The highest BCUT2D eigenvalue weighted by atomic mass is 16.4. The van der Waals surface area contributed by atoms with Gasteiger partial charge in [-0.3, -0.25) is 9.59 Å². The summed E-state index contributed by atoms with van der Waals surface area (Å²) in [4.78, 5) is 23.9. The molecule has 1 aliphatic rings. The molecule has 0 unspecified atom stereocenters. The fraction of sp³-hybridized carbons (Fsp3) is 0.375. The van der Waals surface area contributed by atoms with Gasteiger partial charge in [0.05, 0.1) is 29.4 Å². The minimum atomic E-state index is -0.910. The third-order valence-electron chi connectivity index (χ3n) is 4.59. The molecule has 0 radical (unpaired) electrons. The molecule has 114 valence electrons. The zero-order valence-corrected chi connectivity index (χ0v) is 12.4. The van der Waals surface area contributed by atoms with Crippen molar-refractivity contribution in [2.24, 2.45) is 17.3 Å². The lowest BCUT2D eigenvalue weighted by Gasteiger charge is -2.20. The minimum absolute atomic E-state index is 0.0385. The first-order valence-electron chi connectivity index (χ1n) is 7.20. The number of aromatic nitrogens is 2. The molecule has 1 aromatic heterocycles. The molecule has 1 heterocycles. The zero-order valence-electron chi connectivity index (χ0n) is 12.4.